The molecule has 0 saturated heterocycles. The fraction of sp³-hybridized carbons (Fsp3) is 0.222. The van der Waals surface area contributed by atoms with Crippen molar-refractivity contribution in [3.63, 3.8) is 0 Å². The predicted octanol–water partition coefficient (Wildman–Crippen LogP) is 5.97. The van der Waals surface area contributed by atoms with Crippen LogP contribution in [0.5, 0.6) is 0 Å². The summed E-state index contributed by atoms with van der Waals surface area (Å²) < 4.78 is 4.32. The number of aryl methyl sites for hydroxylation is 1. The van der Waals surface area contributed by atoms with E-state index in [1.54, 1.807) is 0 Å². The maximum Gasteiger partial charge on any atom is 0.142 e. The van der Waals surface area contributed by atoms with Crippen LogP contribution in [0.2, 0.25) is 0 Å². The van der Waals surface area contributed by atoms with Gasteiger partial charge < -0.3 is 9.13 Å². The number of aromatic nitrogens is 4. The molecule has 5 nitrogen and oxygen atoms in total. The first kappa shape index (κ1) is 20.0. The molecule has 0 N–H and O–H groups in total. The van der Waals surface area contributed by atoms with Gasteiger partial charge in [-0.25, -0.2) is 9.97 Å². The first-order valence-corrected chi connectivity index (χ1v) is 11.1. The van der Waals surface area contributed by atoms with Crippen molar-refractivity contribution < 1.29 is 0 Å². The highest BCUT2D eigenvalue weighted by Gasteiger charge is 2.15. The molecule has 0 aliphatic rings. The largest absolute Gasteiger partial charge is 0.323 e. The number of rotatable bonds is 7. The van der Waals surface area contributed by atoms with Crippen LogP contribution >= 0.6 is 0 Å². The number of hydrogen-bond donors (Lipinski definition) is 0. The topological polar surface area (TPSA) is 59.4 Å². The van der Waals surface area contributed by atoms with Crippen LogP contribution < -0.4 is 0 Å². The highest BCUT2D eigenvalue weighted by Crippen LogP contribution is 2.27. The Bertz CT molecular complexity index is 1420. The molecular formula is C27H25N5. The molecule has 0 unspecified atom stereocenters. The molecular weight excluding hydrogens is 394 g/mol. The Morgan fingerprint density at radius 3 is 2.44 bits per heavy atom. The van der Waals surface area contributed by atoms with E-state index >= 15 is 0 Å². The number of fused-ring (bicyclic) bond motifs is 2. The average molecular weight is 420 g/mol. The minimum Gasteiger partial charge on any atom is -0.323 e. The second-order valence-electron chi connectivity index (χ2n) is 8.08. The van der Waals surface area contributed by atoms with Gasteiger partial charge in [-0.1, -0.05) is 61.9 Å². The summed E-state index contributed by atoms with van der Waals surface area (Å²) in [6.45, 7) is 3.23. The molecule has 0 bridgehead atoms. The van der Waals surface area contributed by atoms with Gasteiger partial charge in [-0.2, -0.15) is 5.26 Å². The molecule has 0 fully saturated rings. The van der Waals surface area contributed by atoms with E-state index in [4.69, 9.17) is 9.97 Å². The first-order valence-electron chi connectivity index (χ1n) is 11.1. The average Bonchev–Trinajstić information content (AvgIpc) is 3.36. The fourth-order valence-electron chi connectivity index (χ4n) is 4.32. The Hall–Kier alpha value is -3.91. The lowest BCUT2D eigenvalue weighted by atomic mass is 10.2. The van der Waals surface area contributed by atoms with Gasteiger partial charge in [0, 0.05) is 18.5 Å². The normalized spacial score (nSPS) is 11.2. The molecule has 2 heterocycles. The number of nitrogens with zero attached hydrogens (tertiary/aromatic N) is 5. The van der Waals surface area contributed by atoms with Crippen molar-refractivity contribution in [2.75, 3.05) is 0 Å². The van der Waals surface area contributed by atoms with Crippen molar-refractivity contribution in [1.82, 2.24) is 19.1 Å². The van der Waals surface area contributed by atoms with Gasteiger partial charge >= 0.3 is 0 Å². The molecule has 0 atom stereocenters. The monoisotopic (exact) mass is 419 g/mol. The minimum atomic E-state index is 0.271. The highest BCUT2D eigenvalue weighted by molar-refractivity contribution is 5.82. The lowest BCUT2D eigenvalue weighted by Crippen LogP contribution is -2.05. The van der Waals surface area contributed by atoms with E-state index < -0.39 is 0 Å². The predicted molar refractivity (Wildman–Crippen MR) is 128 cm³/mol. The van der Waals surface area contributed by atoms with E-state index in [9.17, 15) is 5.26 Å². The Kier molecular flexibility index (Phi) is 5.43. The SMILES string of the molecule is CCCCc1nc2ccccc2n1Cc1ccc2c(c1)nc(-c1ccccc1)n2CC#N. The Morgan fingerprint density at radius 1 is 0.844 bits per heavy atom. The zero-order valence-corrected chi connectivity index (χ0v) is 18.2. The van der Waals surface area contributed by atoms with E-state index in [0.29, 0.717) is 0 Å². The van der Waals surface area contributed by atoms with Crippen LogP contribution in [0.4, 0.5) is 0 Å². The van der Waals surface area contributed by atoms with Crippen molar-refractivity contribution in [3.8, 4) is 17.5 Å². The molecule has 0 amide bonds. The van der Waals surface area contributed by atoms with Crippen LogP contribution in [0.1, 0.15) is 31.2 Å². The zero-order valence-electron chi connectivity index (χ0n) is 18.2. The maximum absolute atomic E-state index is 9.39. The maximum atomic E-state index is 9.39. The van der Waals surface area contributed by atoms with Gasteiger partial charge in [-0.3, -0.25) is 0 Å². The van der Waals surface area contributed by atoms with Crippen LogP contribution in [0.15, 0.2) is 72.8 Å². The lowest BCUT2D eigenvalue weighted by Gasteiger charge is -2.10. The molecule has 2 aromatic heterocycles. The van der Waals surface area contributed by atoms with Crippen LogP contribution in [-0.4, -0.2) is 19.1 Å². The number of imidazole rings is 2. The summed E-state index contributed by atoms with van der Waals surface area (Å²) in [6.07, 6.45) is 3.25. The summed E-state index contributed by atoms with van der Waals surface area (Å²) in [5.41, 5.74) is 6.30. The summed E-state index contributed by atoms with van der Waals surface area (Å²) in [7, 11) is 0. The van der Waals surface area contributed by atoms with E-state index in [-0.39, 0.29) is 6.54 Å². The third-order valence-corrected chi connectivity index (χ3v) is 5.90. The summed E-state index contributed by atoms with van der Waals surface area (Å²) in [5.74, 6) is 1.96. The van der Waals surface area contributed by atoms with Crippen molar-refractivity contribution in [1.29, 1.82) is 5.26 Å². The smallest absolute Gasteiger partial charge is 0.142 e. The van der Waals surface area contributed by atoms with Crippen molar-refractivity contribution >= 4 is 22.1 Å². The molecule has 5 rings (SSSR count). The fourth-order valence-corrected chi connectivity index (χ4v) is 4.32. The molecule has 0 radical (unpaired) electrons. The second kappa shape index (κ2) is 8.68. The standard InChI is InChI=1S/C27H25N5/c1-2-3-13-26-29-22-11-7-8-12-24(22)32(26)19-20-14-15-25-23(18-20)30-27(31(25)17-16-28)21-9-5-4-6-10-21/h4-12,14-15,18H,2-3,13,17,19H2,1H3. The molecule has 5 aromatic rings. The molecule has 0 aliphatic heterocycles. The van der Waals surface area contributed by atoms with E-state index in [1.807, 2.05) is 41.0 Å². The number of nitriles is 1. The number of hydrogen-bond acceptors (Lipinski definition) is 3. The zero-order chi connectivity index (χ0) is 21.9. The van der Waals surface area contributed by atoms with Crippen LogP contribution in [-0.2, 0) is 19.5 Å². The first-order chi connectivity index (χ1) is 15.8. The molecule has 3 aromatic carbocycles. The van der Waals surface area contributed by atoms with Gasteiger partial charge in [0.15, 0.2) is 0 Å². The number of benzene rings is 3. The van der Waals surface area contributed by atoms with E-state index in [1.165, 1.54) is 11.1 Å². The Morgan fingerprint density at radius 2 is 1.62 bits per heavy atom. The van der Waals surface area contributed by atoms with Crippen LogP contribution in [0, 0.1) is 11.3 Å². The Balaban J connectivity index is 1.57. The van der Waals surface area contributed by atoms with Gasteiger partial charge in [0.2, 0.25) is 0 Å². The van der Waals surface area contributed by atoms with Crippen molar-refractivity contribution in [2.45, 2.75) is 39.3 Å². The third kappa shape index (κ3) is 3.65. The van der Waals surface area contributed by atoms with Crippen molar-refractivity contribution in [2.24, 2.45) is 0 Å². The molecule has 0 aliphatic carbocycles. The van der Waals surface area contributed by atoms with Gasteiger partial charge in [0.1, 0.15) is 18.2 Å². The third-order valence-electron chi connectivity index (χ3n) is 5.90. The molecule has 0 saturated carbocycles. The second-order valence-corrected chi connectivity index (χ2v) is 8.08. The van der Waals surface area contributed by atoms with E-state index in [2.05, 4.69) is 54.0 Å². The summed E-state index contributed by atoms with van der Waals surface area (Å²) >= 11 is 0. The Labute approximate surface area is 187 Å². The molecule has 158 valence electrons. The summed E-state index contributed by atoms with van der Waals surface area (Å²) in [5, 5.41) is 9.39. The van der Waals surface area contributed by atoms with Gasteiger partial charge in [0.05, 0.1) is 28.1 Å². The van der Waals surface area contributed by atoms with Crippen LogP contribution in [0.3, 0.4) is 0 Å². The minimum absolute atomic E-state index is 0.271. The highest BCUT2D eigenvalue weighted by atomic mass is 15.1. The van der Waals surface area contributed by atoms with Gasteiger partial charge in [-0.05, 0) is 36.2 Å². The molecule has 5 heteroatoms. The quantitative estimate of drug-likeness (QED) is 0.327. The van der Waals surface area contributed by atoms with Gasteiger partial charge in [0.25, 0.3) is 0 Å². The number of para-hydroxylation sites is 2. The summed E-state index contributed by atoms with van der Waals surface area (Å²) in [6, 6.07) is 27.1. The molecule has 0 spiro atoms. The molecule has 32 heavy (non-hydrogen) atoms. The number of unbranched alkanes of at least 4 members (excludes halogenated alkanes) is 1. The van der Waals surface area contributed by atoms with E-state index in [0.717, 1.165) is 59.6 Å². The van der Waals surface area contributed by atoms with Crippen LogP contribution in [0.25, 0.3) is 33.5 Å². The van der Waals surface area contributed by atoms with Crippen molar-refractivity contribution in [3.05, 3.63) is 84.2 Å². The lowest BCUT2D eigenvalue weighted by molar-refractivity contribution is 0.690. The van der Waals surface area contributed by atoms with Gasteiger partial charge in [-0.15, -0.1) is 0 Å². The summed E-state index contributed by atoms with van der Waals surface area (Å²) in [4.78, 5) is 9.81.